The molecule has 0 spiro atoms. The first kappa shape index (κ1) is 18.4. The first-order valence-electron chi connectivity index (χ1n) is 8.27. The lowest BCUT2D eigenvalue weighted by Gasteiger charge is -2.23. The highest BCUT2D eigenvalue weighted by atomic mass is 19.1. The number of nitrogens with zero attached hydrogens (tertiary/aromatic N) is 3. The number of hydrogen-bond acceptors (Lipinski definition) is 4. The number of rotatable bonds is 4. The number of amides is 2. The fourth-order valence-corrected chi connectivity index (χ4v) is 3.04. The van der Waals surface area contributed by atoms with Crippen molar-refractivity contribution in [1.82, 2.24) is 15.0 Å². The van der Waals surface area contributed by atoms with Gasteiger partial charge < -0.3 is 4.74 Å². The molecule has 2 aromatic rings. The molecule has 0 bridgehead atoms. The summed E-state index contributed by atoms with van der Waals surface area (Å²) in [5, 5.41) is 2.45. The number of carbonyl (C=O) groups is 2. The minimum Gasteiger partial charge on any atom is -0.496 e. The number of benzene rings is 1. The fourth-order valence-electron chi connectivity index (χ4n) is 3.04. The summed E-state index contributed by atoms with van der Waals surface area (Å²) in [6.07, 6.45) is 1.60. The molecule has 1 aliphatic heterocycles. The molecule has 0 radical (unpaired) electrons. The molecule has 1 atom stereocenters. The molecule has 27 heavy (non-hydrogen) atoms. The third-order valence-corrected chi connectivity index (χ3v) is 4.34. The summed E-state index contributed by atoms with van der Waals surface area (Å²) in [4.78, 5) is 29.9. The van der Waals surface area contributed by atoms with Crippen LogP contribution in [0.3, 0.4) is 0 Å². The number of methoxy groups -OCH3 is 1. The minimum absolute atomic E-state index is 0.0791. The van der Waals surface area contributed by atoms with Gasteiger partial charge in [0.05, 0.1) is 24.9 Å². The number of pyridine rings is 1. The highest BCUT2D eigenvalue weighted by Crippen LogP contribution is 2.37. The van der Waals surface area contributed by atoms with E-state index >= 15 is 0 Å². The van der Waals surface area contributed by atoms with Crippen LogP contribution in [-0.2, 0) is 16.1 Å². The van der Waals surface area contributed by atoms with Crippen LogP contribution < -0.4 is 4.74 Å². The van der Waals surface area contributed by atoms with Crippen molar-refractivity contribution >= 4 is 11.8 Å². The van der Waals surface area contributed by atoms with Gasteiger partial charge in [-0.2, -0.15) is 0 Å². The number of ether oxygens (including phenoxy) is 1. The normalized spacial score (nSPS) is 16.4. The van der Waals surface area contributed by atoms with Crippen LogP contribution in [0.15, 0.2) is 36.5 Å². The number of likely N-dealkylation sites (N-methyl/N-ethyl adjacent to an activating group) is 1. The van der Waals surface area contributed by atoms with E-state index in [1.54, 1.807) is 31.3 Å². The predicted octanol–water partition coefficient (Wildman–Crippen LogP) is 2.10. The number of carbonyl (C=O) groups excluding carboxylic acids is 2. The lowest BCUT2D eigenvalue weighted by Crippen LogP contribution is -2.37. The van der Waals surface area contributed by atoms with Gasteiger partial charge in [-0.15, -0.1) is 5.92 Å². The Morgan fingerprint density at radius 1 is 1.26 bits per heavy atom. The highest BCUT2D eigenvalue weighted by Gasteiger charge is 2.47. The zero-order chi connectivity index (χ0) is 19.6. The van der Waals surface area contributed by atoms with Gasteiger partial charge >= 0.3 is 0 Å². The Hall–Kier alpha value is -3.40. The Bertz CT molecular complexity index is 950. The maximum Gasteiger partial charge on any atom is 0.258 e. The molecule has 0 saturated carbocycles. The molecule has 138 valence electrons. The largest absolute Gasteiger partial charge is 0.496 e. The van der Waals surface area contributed by atoms with Crippen LogP contribution in [0.4, 0.5) is 4.39 Å². The standard InChI is InChI=1S/C20H18FN3O3/c1-4-7-13-10-15(21)17(16(11-13)27-3)18-19(25)23(2)24(20(18)26)12-14-8-5-6-9-22-14/h5-6,8-11,18H,12H2,1-3H3. The first-order valence-corrected chi connectivity index (χ1v) is 8.27. The van der Waals surface area contributed by atoms with Crippen molar-refractivity contribution in [3.63, 3.8) is 0 Å². The second-order valence-corrected chi connectivity index (χ2v) is 5.96. The molecule has 1 saturated heterocycles. The van der Waals surface area contributed by atoms with E-state index in [-0.39, 0.29) is 17.9 Å². The molecule has 2 heterocycles. The van der Waals surface area contributed by atoms with Gasteiger partial charge in [-0.1, -0.05) is 12.0 Å². The zero-order valence-electron chi connectivity index (χ0n) is 15.2. The Morgan fingerprint density at radius 3 is 2.67 bits per heavy atom. The summed E-state index contributed by atoms with van der Waals surface area (Å²) in [5.74, 6) is 2.48. The quantitative estimate of drug-likeness (QED) is 0.613. The van der Waals surface area contributed by atoms with E-state index in [0.29, 0.717) is 11.3 Å². The summed E-state index contributed by atoms with van der Waals surface area (Å²) in [5.41, 5.74) is 0.948. The summed E-state index contributed by atoms with van der Waals surface area (Å²) in [6, 6.07) is 8.03. The molecule has 0 N–H and O–H groups in total. The number of aromatic nitrogens is 1. The van der Waals surface area contributed by atoms with E-state index < -0.39 is 23.5 Å². The van der Waals surface area contributed by atoms with E-state index in [1.807, 2.05) is 0 Å². The summed E-state index contributed by atoms with van der Waals surface area (Å²) in [6.45, 7) is 1.74. The molecular formula is C20H18FN3O3. The highest BCUT2D eigenvalue weighted by molar-refractivity contribution is 6.10. The number of halogens is 1. The van der Waals surface area contributed by atoms with E-state index in [4.69, 9.17) is 4.74 Å². The number of hydrazine groups is 1. The van der Waals surface area contributed by atoms with Crippen LogP contribution in [0.25, 0.3) is 0 Å². The zero-order valence-corrected chi connectivity index (χ0v) is 15.2. The fraction of sp³-hybridized carbons (Fsp3) is 0.250. The molecule has 0 aliphatic carbocycles. The average molecular weight is 367 g/mol. The van der Waals surface area contributed by atoms with Crippen LogP contribution >= 0.6 is 0 Å². The lowest BCUT2D eigenvalue weighted by atomic mass is 9.95. The SMILES string of the molecule is CC#Cc1cc(F)c(C2C(=O)N(C)N(Cc3ccccn3)C2=O)c(OC)c1. The summed E-state index contributed by atoms with van der Waals surface area (Å²) < 4.78 is 20.0. The third-order valence-electron chi connectivity index (χ3n) is 4.34. The monoisotopic (exact) mass is 367 g/mol. The third kappa shape index (κ3) is 3.34. The van der Waals surface area contributed by atoms with Crippen LogP contribution in [0.1, 0.15) is 29.7 Å². The lowest BCUT2D eigenvalue weighted by molar-refractivity contribution is -0.145. The van der Waals surface area contributed by atoms with Gasteiger partial charge in [0.2, 0.25) is 0 Å². The van der Waals surface area contributed by atoms with E-state index in [1.165, 1.54) is 36.3 Å². The van der Waals surface area contributed by atoms with E-state index in [9.17, 15) is 14.0 Å². The van der Waals surface area contributed by atoms with Gasteiger partial charge in [0, 0.05) is 18.8 Å². The van der Waals surface area contributed by atoms with Crippen molar-refractivity contribution in [2.24, 2.45) is 0 Å². The van der Waals surface area contributed by atoms with E-state index in [2.05, 4.69) is 16.8 Å². The molecule has 6 nitrogen and oxygen atoms in total. The van der Waals surface area contributed by atoms with Crippen molar-refractivity contribution in [1.29, 1.82) is 0 Å². The van der Waals surface area contributed by atoms with Gasteiger partial charge in [0.25, 0.3) is 11.8 Å². The summed E-state index contributed by atoms with van der Waals surface area (Å²) >= 11 is 0. The molecule has 1 unspecified atom stereocenters. The maximum atomic E-state index is 14.8. The molecule has 2 amide bonds. The van der Waals surface area contributed by atoms with Crippen molar-refractivity contribution in [2.45, 2.75) is 19.4 Å². The molecule has 1 aromatic carbocycles. The number of hydrogen-bond donors (Lipinski definition) is 0. The Kier molecular flexibility index (Phi) is 5.08. The van der Waals surface area contributed by atoms with Crippen molar-refractivity contribution < 1.29 is 18.7 Å². The molecule has 3 rings (SSSR count). The van der Waals surface area contributed by atoms with Crippen LogP contribution in [-0.4, -0.2) is 41.0 Å². The second kappa shape index (κ2) is 7.46. The van der Waals surface area contributed by atoms with Gasteiger partial charge in [0.1, 0.15) is 11.6 Å². The molecular weight excluding hydrogens is 349 g/mol. The van der Waals surface area contributed by atoms with Crippen LogP contribution in [0.2, 0.25) is 0 Å². The molecule has 7 heteroatoms. The smallest absolute Gasteiger partial charge is 0.258 e. The first-order chi connectivity index (χ1) is 13.0. The van der Waals surface area contributed by atoms with Gasteiger partial charge in [0.15, 0.2) is 5.92 Å². The second-order valence-electron chi connectivity index (χ2n) is 5.96. The van der Waals surface area contributed by atoms with Crippen LogP contribution in [0, 0.1) is 17.7 Å². The predicted molar refractivity (Wildman–Crippen MR) is 95.8 cm³/mol. The molecule has 1 fully saturated rings. The molecule has 1 aromatic heterocycles. The Morgan fingerprint density at radius 2 is 2.04 bits per heavy atom. The van der Waals surface area contributed by atoms with Gasteiger partial charge in [-0.25, -0.2) is 9.40 Å². The van der Waals surface area contributed by atoms with Gasteiger partial charge in [-0.3, -0.25) is 19.6 Å². The van der Waals surface area contributed by atoms with Crippen molar-refractivity contribution in [3.8, 4) is 17.6 Å². The van der Waals surface area contributed by atoms with E-state index in [0.717, 1.165) is 0 Å². The minimum atomic E-state index is -1.31. The topological polar surface area (TPSA) is 62.7 Å². The molecule has 1 aliphatic rings. The average Bonchev–Trinajstić information content (AvgIpc) is 2.86. The summed E-state index contributed by atoms with van der Waals surface area (Å²) in [7, 11) is 2.84. The Labute approximate surface area is 156 Å². The maximum absolute atomic E-state index is 14.8. The van der Waals surface area contributed by atoms with Crippen LogP contribution in [0.5, 0.6) is 5.75 Å². The van der Waals surface area contributed by atoms with Gasteiger partial charge in [-0.05, 0) is 31.2 Å². The Balaban J connectivity index is 2.00. The van der Waals surface area contributed by atoms with Crippen molar-refractivity contribution in [3.05, 3.63) is 59.2 Å². The van der Waals surface area contributed by atoms with Crippen molar-refractivity contribution in [2.75, 3.05) is 14.2 Å².